The van der Waals surface area contributed by atoms with Gasteiger partial charge in [-0.3, -0.25) is 0 Å². The van der Waals surface area contributed by atoms with Crippen molar-refractivity contribution in [2.45, 2.75) is 19.8 Å². The zero-order valence-electron chi connectivity index (χ0n) is 11.4. The van der Waals surface area contributed by atoms with Crippen LogP contribution in [0.3, 0.4) is 0 Å². The minimum Gasteiger partial charge on any atom is -0.490 e. The molecule has 2 rings (SSSR count). The van der Waals surface area contributed by atoms with Crippen molar-refractivity contribution in [2.24, 2.45) is 0 Å². The Kier molecular flexibility index (Phi) is 5.28. The van der Waals surface area contributed by atoms with Gasteiger partial charge in [0.25, 0.3) is 0 Å². The van der Waals surface area contributed by atoms with Crippen LogP contribution in [-0.4, -0.2) is 6.61 Å². The van der Waals surface area contributed by atoms with Crippen LogP contribution in [0.25, 0.3) is 11.1 Å². The van der Waals surface area contributed by atoms with E-state index >= 15 is 0 Å². The summed E-state index contributed by atoms with van der Waals surface area (Å²) in [6.07, 6.45) is 1.65. The molecule has 0 saturated carbocycles. The lowest BCUT2D eigenvalue weighted by Crippen LogP contribution is -2.01. The summed E-state index contributed by atoms with van der Waals surface area (Å²) in [5.74, 6) is -2.97. The number of benzene rings is 2. The number of ether oxygens (including phenoxy) is 1. The number of unbranched alkanes of at least 4 members (excludes halogenated alkanes) is 1. The van der Waals surface area contributed by atoms with Gasteiger partial charge in [0.1, 0.15) is 5.82 Å². The van der Waals surface area contributed by atoms with E-state index in [4.69, 9.17) is 4.74 Å². The van der Waals surface area contributed by atoms with Gasteiger partial charge in [0.05, 0.1) is 6.61 Å². The SMILES string of the molecule is CCCCOc1ccc(-c2ccc(Br)cc2F)c(F)c1F. The van der Waals surface area contributed by atoms with Crippen LogP contribution in [0.15, 0.2) is 34.8 Å². The predicted molar refractivity (Wildman–Crippen MR) is 79.9 cm³/mol. The first kappa shape index (κ1) is 15.9. The topological polar surface area (TPSA) is 9.23 Å². The van der Waals surface area contributed by atoms with Gasteiger partial charge in [0, 0.05) is 15.6 Å². The minimum absolute atomic E-state index is 0.00899. The molecule has 0 amide bonds. The van der Waals surface area contributed by atoms with Crippen LogP contribution in [0, 0.1) is 17.5 Å². The summed E-state index contributed by atoms with van der Waals surface area (Å²) >= 11 is 3.12. The van der Waals surface area contributed by atoms with Crippen molar-refractivity contribution in [2.75, 3.05) is 6.61 Å². The average Bonchev–Trinajstić information content (AvgIpc) is 2.45. The zero-order chi connectivity index (χ0) is 15.4. The molecule has 2 aromatic rings. The van der Waals surface area contributed by atoms with Crippen LogP contribution in [-0.2, 0) is 0 Å². The van der Waals surface area contributed by atoms with Crippen LogP contribution < -0.4 is 4.74 Å². The molecule has 0 unspecified atom stereocenters. The molecule has 0 fully saturated rings. The fraction of sp³-hybridized carbons (Fsp3) is 0.250. The quantitative estimate of drug-likeness (QED) is 0.621. The van der Waals surface area contributed by atoms with Crippen molar-refractivity contribution in [3.63, 3.8) is 0 Å². The fourth-order valence-electron chi connectivity index (χ4n) is 1.89. The molecule has 0 aromatic heterocycles. The molecule has 0 heterocycles. The van der Waals surface area contributed by atoms with Gasteiger partial charge in [-0.1, -0.05) is 35.3 Å². The maximum Gasteiger partial charge on any atom is 0.201 e. The molecule has 0 aliphatic heterocycles. The fourth-order valence-corrected chi connectivity index (χ4v) is 2.22. The molecule has 0 radical (unpaired) electrons. The van der Waals surface area contributed by atoms with Gasteiger partial charge in [-0.05, 0) is 30.7 Å². The molecule has 0 saturated heterocycles. The standard InChI is InChI=1S/C16H14BrF3O/c1-2-3-8-21-14-7-6-12(15(19)16(14)20)11-5-4-10(17)9-13(11)18/h4-7,9H,2-3,8H2,1H3. The van der Waals surface area contributed by atoms with E-state index in [1.54, 1.807) is 6.07 Å². The van der Waals surface area contributed by atoms with Crippen molar-refractivity contribution < 1.29 is 17.9 Å². The minimum atomic E-state index is -1.11. The highest BCUT2D eigenvalue weighted by Gasteiger charge is 2.18. The molecule has 5 heteroatoms. The van der Waals surface area contributed by atoms with Crippen LogP contribution >= 0.6 is 15.9 Å². The third-order valence-corrected chi connectivity index (χ3v) is 3.52. The van der Waals surface area contributed by atoms with E-state index in [2.05, 4.69) is 15.9 Å². The summed E-state index contributed by atoms with van der Waals surface area (Å²) < 4.78 is 47.6. The Hall–Kier alpha value is -1.49. The van der Waals surface area contributed by atoms with Crippen molar-refractivity contribution in [3.8, 4) is 16.9 Å². The highest BCUT2D eigenvalue weighted by molar-refractivity contribution is 9.10. The Morgan fingerprint density at radius 3 is 2.38 bits per heavy atom. The van der Waals surface area contributed by atoms with E-state index in [0.717, 1.165) is 12.8 Å². The smallest absolute Gasteiger partial charge is 0.201 e. The molecule has 2 aromatic carbocycles. The Morgan fingerprint density at radius 1 is 1.00 bits per heavy atom. The summed E-state index contributed by atoms with van der Waals surface area (Å²) in [7, 11) is 0. The van der Waals surface area contributed by atoms with Crippen LogP contribution in [0.2, 0.25) is 0 Å². The van der Waals surface area contributed by atoms with E-state index in [1.807, 2.05) is 6.92 Å². The number of halogens is 4. The lowest BCUT2D eigenvalue weighted by atomic mass is 10.0. The molecule has 112 valence electrons. The highest BCUT2D eigenvalue weighted by Crippen LogP contribution is 2.32. The van der Waals surface area contributed by atoms with E-state index < -0.39 is 17.5 Å². The molecule has 0 atom stereocenters. The molecule has 21 heavy (non-hydrogen) atoms. The third-order valence-electron chi connectivity index (χ3n) is 3.02. The predicted octanol–water partition coefficient (Wildman–Crippen LogP) is 5.71. The maximum absolute atomic E-state index is 14.1. The first-order chi connectivity index (χ1) is 10.0. The normalized spacial score (nSPS) is 10.7. The van der Waals surface area contributed by atoms with E-state index in [9.17, 15) is 13.2 Å². The Balaban J connectivity index is 2.36. The van der Waals surface area contributed by atoms with Crippen molar-refractivity contribution in [1.29, 1.82) is 0 Å². The van der Waals surface area contributed by atoms with Crippen molar-refractivity contribution in [1.82, 2.24) is 0 Å². The summed E-state index contributed by atoms with van der Waals surface area (Å²) in [5.41, 5.74) is -0.116. The lowest BCUT2D eigenvalue weighted by molar-refractivity contribution is 0.289. The number of hydrogen-bond acceptors (Lipinski definition) is 1. The zero-order valence-corrected chi connectivity index (χ0v) is 13.0. The monoisotopic (exact) mass is 358 g/mol. The van der Waals surface area contributed by atoms with Gasteiger partial charge in [0.15, 0.2) is 11.6 Å². The first-order valence-corrected chi connectivity index (χ1v) is 7.40. The van der Waals surface area contributed by atoms with Crippen LogP contribution in [0.4, 0.5) is 13.2 Å². The summed E-state index contributed by atoms with van der Waals surface area (Å²) in [6, 6.07) is 6.82. The lowest BCUT2D eigenvalue weighted by Gasteiger charge is -2.11. The Labute approximate surface area is 129 Å². The van der Waals surface area contributed by atoms with Gasteiger partial charge < -0.3 is 4.74 Å². The highest BCUT2D eigenvalue weighted by atomic mass is 79.9. The largest absolute Gasteiger partial charge is 0.490 e. The second-order valence-corrected chi connectivity index (χ2v) is 5.48. The third kappa shape index (κ3) is 3.59. The van der Waals surface area contributed by atoms with Crippen molar-refractivity contribution >= 4 is 15.9 Å². The second kappa shape index (κ2) is 6.98. The van der Waals surface area contributed by atoms with Crippen LogP contribution in [0.1, 0.15) is 19.8 Å². The summed E-state index contributed by atoms with van der Waals surface area (Å²) in [5, 5.41) is 0. The number of rotatable bonds is 5. The summed E-state index contributed by atoms with van der Waals surface area (Å²) in [4.78, 5) is 0. The maximum atomic E-state index is 14.1. The Bertz CT molecular complexity index is 644. The average molecular weight is 359 g/mol. The van der Waals surface area contributed by atoms with Gasteiger partial charge in [0.2, 0.25) is 5.82 Å². The number of hydrogen-bond donors (Lipinski definition) is 0. The molecular formula is C16H14BrF3O. The van der Waals surface area contributed by atoms with Crippen LogP contribution in [0.5, 0.6) is 5.75 Å². The molecule has 0 N–H and O–H groups in total. The van der Waals surface area contributed by atoms with Gasteiger partial charge in [-0.25, -0.2) is 8.78 Å². The van der Waals surface area contributed by atoms with E-state index in [1.165, 1.54) is 24.3 Å². The molecule has 1 nitrogen and oxygen atoms in total. The first-order valence-electron chi connectivity index (χ1n) is 6.60. The summed E-state index contributed by atoms with van der Waals surface area (Å²) in [6.45, 7) is 2.29. The van der Waals surface area contributed by atoms with Gasteiger partial charge in [-0.15, -0.1) is 0 Å². The molecule has 0 aliphatic carbocycles. The molecule has 0 aliphatic rings. The van der Waals surface area contributed by atoms with Gasteiger partial charge in [-0.2, -0.15) is 4.39 Å². The molecule has 0 spiro atoms. The van der Waals surface area contributed by atoms with E-state index in [-0.39, 0.29) is 16.9 Å². The second-order valence-electron chi connectivity index (χ2n) is 4.57. The molecular weight excluding hydrogens is 345 g/mol. The van der Waals surface area contributed by atoms with E-state index in [0.29, 0.717) is 11.1 Å². The van der Waals surface area contributed by atoms with Gasteiger partial charge >= 0.3 is 0 Å². The Morgan fingerprint density at radius 2 is 1.71 bits per heavy atom. The molecule has 0 bridgehead atoms. The van der Waals surface area contributed by atoms with Crippen molar-refractivity contribution in [3.05, 3.63) is 52.3 Å².